The average molecular weight is 347 g/mol. The van der Waals surface area contributed by atoms with Crippen molar-refractivity contribution in [2.45, 2.75) is 6.54 Å². The summed E-state index contributed by atoms with van der Waals surface area (Å²) in [7, 11) is 1.60. The zero-order chi connectivity index (χ0) is 18.5. The van der Waals surface area contributed by atoms with Gasteiger partial charge in [0.25, 0.3) is 5.91 Å². The lowest BCUT2D eigenvalue weighted by molar-refractivity contribution is 0.0950. The maximum absolute atomic E-state index is 12.3. The highest BCUT2D eigenvalue weighted by Gasteiger charge is 2.11. The molecule has 3 rings (SSSR count). The zero-order valence-electron chi connectivity index (χ0n) is 14.1. The van der Waals surface area contributed by atoms with Gasteiger partial charge in [0, 0.05) is 17.7 Å². The fraction of sp³-hybridized carbons (Fsp3) is 0.105. The van der Waals surface area contributed by atoms with E-state index in [4.69, 9.17) is 15.7 Å². The van der Waals surface area contributed by atoms with Gasteiger partial charge in [-0.25, -0.2) is 4.68 Å². The Labute approximate surface area is 150 Å². The van der Waals surface area contributed by atoms with Crippen LogP contribution in [0.25, 0.3) is 5.69 Å². The number of benzene rings is 2. The predicted molar refractivity (Wildman–Crippen MR) is 96.9 cm³/mol. The highest BCUT2D eigenvalue weighted by molar-refractivity contribution is 5.94. The Morgan fingerprint density at radius 2 is 2.00 bits per heavy atom. The molecule has 7 nitrogen and oxygen atoms in total. The normalized spacial score (nSPS) is 10.2. The molecule has 0 fully saturated rings. The average Bonchev–Trinajstić information content (AvgIpc) is 3.07. The summed E-state index contributed by atoms with van der Waals surface area (Å²) in [4.78, 5) is 12.3. The summed E-state index contributed by atoms with van der Waals surface area (Å²) in [6.45, 7) is 0.363. The molecule has 3 aromatic rings. The lowest BCUT2D eigenvalue weighted by Gasteiger charge is -2.10. The molecule has 2 aromatic carbocycles. The van der Waals surface area contributed by atoms with Crippen molar-refractivity contribution >= 4 is 11.7 Å². The van der Waals surface area contributed by atoms with Gasteiger partial charge in [0.05, 0.1) is 19.0 Å². The molecule has 1 amide bonds. The topological polar surface area (TPSA) is 106 Å². The van der Waals surface area contributed by atoms with E-state index in [1.54, 1.807) is 31.4 Å². The molecular weight excluding hydrogens is 330 g/mol. The van der Waals surface area contributed by atoms with Crippen LogP contribution in [0.2, 0.25) is 0 Å². The third-order valence-corrected chi connectivity index (χ3v) is 3.93. The van der Waals surface area contributed by atoms with Gasteiger partial charge in [0.15, 0.2) is 0 Å². The number of nitrogens with two attached hydrogens (primary N) is 1. The second kappa shape index (κ2) is 7.40. The number of para-hydroxylation sites is 1. The number of hydrogen-bond donors (Lipinski definition) is 2. The number of nitrogen functional groups attached to an aromatic ring is 1. The maximum atomic E-state index is 12.3. The molecule has 0 unspecified atom stereocenters. The van der Waals surface area contributed by atoms with Crippen LogP contribution in [0.15, 0.2) is 54.7 Å². The first kappa shape index (κ1) is 17.0. The minimum atomic E-state index is -0.200. The van der Waals surface area contributed by atoms with Gasteiger partial charge in [-0.15, -0.1) is 0 Å². The highest BCUT2D eigenvalue weighted by Crippen LogP contribution is 2.18. The van der Waals surface area contributed by atoms with E-state index in [1.165, 1.54) is 10.9 Å². The van der Waals surface area contributed by atoms with Gasteiger partial charge in [0.1, 0.15) is 23.2 Å². The van der Waals surface area contributed by atoms with Crippen molar-refractivity contribution < 1.29 is 9.53 Å². The number of rotatable bonds is 5. The van der Waals surface area contributed by atoms with E-state index < -0.39 is 0 Å². The Morgan fingerprint density at radius 3 is 2.65 bits per heavy atom. The van der Waals surface area contributed by atoms with Crippen LogP contribution in [0.1, 0.15) is 21.5 Å². The number of amides is 1. The second-order valence-corrected chi connectivity index (χ2v) is 5.51. The van der Waals surface area contributed by atoms with Crippen molar-refractivity contribution in [1.82, 2.24) is 15.1 Å². The molecule has 0 aliphatic heterocycles. The Balaban J connectivity index is 1.71. The molecule has 1 aromatic heterocycles. The minimum absolute atomic E-state index is 0.200. The van der Waals surface area contributed by atoms with Crippen LogP contribution >= 0.6 is 0 Å². The number of aromatic nitrogens is 2. The number of ether oxygens (including phenoxy) is 1. The first-order valence-corrected chi connectivity index (χ1v) is 7.88. The van der Waals surface area contributed by atoms with Gasteiger partial charge in [-0.3, -0.25) is 4.79 Å². The molecule has 1 heterocycles. The molecule has 0 spiro atoms. The number of carbonyl (C=O) groups excluding carboxylic acids is 1. The monoisotopic (exact) mass is 347 g/mol. The molecule has 7 heteroatoms. The Kier molecular flexibility index (Phi) is 4.85. The van der Waals surface area contributed by atoms with Crippen molar-refractivity contribution in [2.75, 3.05) is 12.8 Å². The first-order chi connectivity index (χ1) is 12.6. The van der Waals surface area contributed by atoms with E-state index >= 15 is 0 Å². The van der Waals surface area contributed by atoms with Crippen molar-refractivity contribution in [1.29, 1.82) is 5.26 Å². The molecule has 0 bridgehead atoms. The lowest BCUT2D eigenvalue weighted by Crippen LogP contribution is -2.23. The molecule has 0 atom stereocenters. The fourth-order valence-electron chi connectivity index (χ4n) is 2.53. The Morgan fingerprint density at radius 1 is 1.27 bits per heavy atom. The lowest BCUT2D eigenvalue weighted by atomic mass is 10.1. The number of nitrogens with zero attached hydrogens (tertiary/aromatic N) is 3. The summed E-state index contributed by atoms with van der Waals surface area (Å²) < 4.78 is 6.73. The molecule has 0 saturated carbocycles. The van der Waals surface area contributed by atoms with Crippen LogP contribution in [-0.2, 0) is 6.54 Å². The number of nitriles is 1. The summed E-state index contributed by atoms with van der Waals surface area (Å²) in [5, 5.41) is 15.9. The largest absolute Gasteiger partial charge is 0.496 e. The molecule has 0 aliphatic carbocycles. The number of nitrogens with one attached hydrogen (secondary N) is 1. The predicted octanol–water partition coefficient (Wildman–Crippen LogP) is 2.26. The van der Waals surface area contributed by atoms with Crippen LogP contribution < -0.4 is 15.8 Å². The molecule has 0 saturated heterocycles. The van der Waals surface area contributed by atoms with E-state index in [0.717, 1.165) is 11.3 Å². The molecule has 0 radical (unpaired) electrons. The van der Waals surface area contributed by atoms with E-state index in [1.807, 2.05) is 30.3 Å². The maximum Gasteiger partial charge on any atom is 0.251 e. The standard InChI is InChI=1S/C19H17N5O2/c1-26-17-5-3-2-4-14(17)11-22-19(25)13-6-8-16(9-7-13)24-18(21)15(10-20)12-23-24/h2-9,12H,11,21H2,1H3,(H,22,25). The quantitative estimate of drug-likeness (QED) is 0.736. The molecule has 0 aliphatic rings. The molecule has 3 N–H and O–H groups in total. The summed E-state index contributed by atoms with van der Waals surface area (Å²) in [5.41, 5.74) is 8.26. The van der Waals surface area contributed by atoms with E-state index in [9.17, 15) is 4.79 Å². The van der Waals surface area contributed by atoms with Crippen LogP contribution in [0.3, 0.4) is 0 Å². The second-order valence-electron chi connectivity index (χ2n) is 5.51. The third-order valence-electron chi connectivity index (χ3n) is 3.93. The summed E-state index contributed by atoms with van der Waals surface area (Å²) in [6, 6.07) is 16.3. The third kappa shape index (κ3) is 3.35. The van der Waals surface area contributed by atoms with E-state index in [2.05, 4.69) is 10.4 Å². The van der Waals surface area contributed by atoms with Crippen LogP contribution in [0, 0.1) is 11.3 Å². The van der Waals surface area contributed by atoms with Gasteiger partial charge in [-0.2, -0.15) is 10.4 Å². The SMILES string of the molecule is COc1ccccc1CNC(=O)c1ccc(-n2ncc(C#N)c2N)cc1. The highest BCUT2D eigenvalue weighted by atomic mass is 16.5. The van der Waals surface area contributed by atoms with Crippen molar-refractivity contribution in [3.05, 3.63) is 71.4 Å². The van der Waals surface area contributed by atoms with E-state index in [0.29, 0.717) is 23.4 Å². The Hall–Kier alpha value is -3.79. The Bertz CT molecular complexity index is 970. The van der Waals surface area contributed by atoms with Crippen molar-refractivity contribution in [3.8, 4) is 17.5 Å². The number of methoxy groups -OCH3 is 1. The van der Waals surface area contributed by atoms with Gasteiger partial charge in [-0.1, -0.05) is 18.2 Å². The van der Waals surface area contributed by atoms with Gasteiger partial charge >= 0.3 is 0 Å². The van der Waals surface area contributed by atoms with Crippen LogP contribution in [0.4, 0.5) is 5.82 Å². The minimum Gasteiger partial charge on any atom is -0.496 e. The summed E-state index contributed by atoms with van der Waals surface area (Å²) >= 11 is 0. The van der Waals surface area contributed by atoms with Gasteiger partial charge in [0.2, 0.25) is 0 Å². The van der Waals surface area contributed by atoms with Crippen molar-refractivity contribution in [2.24, 2.45) is 0 Å². The summed E-state index contributed by atoms with van der Waals surface area (Å²) in [5.74, 6) is 0.792. The van der Waals surface area contributed by atoms with Crippen molar-refractivity contribution in [3.63, 3.8) is 0 Å². The van der Waals surface area contributed by atoms with Crippen LogP contribution in [0.5, 0.6) is 5.75 Å². The molecule has 130 valence electrons. The smallest absolute Gasteiger partial charge is 0.251 e. The zero-order valence-corrected chi connectivity index (χ0v) is 14.1. The number of carbonyl (C=O) groups is 1. The van der Waals surface area contributed by atoms with Gasteiger partial charge < -0.3 is 15.8 Å². The number of anilines is 1. The molecule has 26 heavy (non-hydrogen) atoms. The van der Waals surface area contributed by atoms with Crippen LogP contribution in [-0.4, -0.2) is 22.8 Å². The summed E-state index contributed by atoms with van der Waals surface area (Å²) in [6.07, 6.45) is 1.41. The number of hydrogen-bond acceptors (Lipinski definition) is 5. The fourth-order valence-corrected chi connectivity index (χ4v) is 2.53. The first-order valence-electron chi connectivity index (χ1n) is 7.88. The molecular formula is C19H17N5O2. The van der Waals surface area contributed by atoms with E-state index in [-0.39, 0.29) is 11.7 Å². The van der Waals surface area contributed by atoms with Gasteiger partial charge in [-0.05, 0) is 30.3 Å².